The summed E-state index contributed by atoms with van der Waals surface area (Å²) in [5, 5.41) is 0. The lowest BCUT2D eigenvalue weighted by molar-refractivity contribution is -0.347. The van der Waals surface area contributed by atoms with Crippen molar-refractivity contribution in [3.05, 3.63) is 94.4 Å². The maximum Gasteiger partial charge on any atom is 0.215 e. The van der Waals surface area contributed by atoms with Gasteiger partial charge >= 0.3 is 0 Å². The number of aryl methyl sites for hydroxylation is 2. The van der Waals surface area contributed by atoms with Crippen LogP contribution >= 0.6 is 0 Å². The molecule has 0 bridgehead atoms. The highest BCUT2D eigenvalue weighted by molar-refractivity contribution is 6.14. The second-order valence-electron chi connectivity index (χ2n) is 23.8. The lowest BCUT2D eigenvalue weighted by Crippen LogP contribution is -2.11. The van der Waals surface area contributed by atoms with E-state index in [0.717, 1.165) is 36.2 Å². The average Bonchev–Trinajstić information content (AvgIpc) is 3.75. The molecular weight excluding hydrogens is 893 g/mol. The van der Waals surface area contributed by atoms with Crippen LogP contribution in [0.1, 0.15) is 364 Å². The molecule has 0 amide bonds. The number of nitrogens with zero attached hydrogens (tertiary/aromatic N) is 1. The Morgan fingerprint density at radius 3 is 0.824 bits per heavy atom. The van der Waals surface area contributed by atoms with Crippen molar-refractivity contribution in [3.8, 4) is 0 Å². The first-order chi connectivity index (χ1) is 36.7. The fraction of sp³-hybridized carbons (Fsp3) is 0.764. The van der Waals surface area contributed by atoms with Gasteiger partial charge in [0, 0.05) is 22.8 Å². The molecule has 0 radical (unpaired) electrons. The van der Waals surface area contributed by atoms with E-state index in [0.29, 0.717) is 0 Å². The number of nitrogens with one attached hydrogen (secondary N) is 1. The molecule has 0 aromatic heterocycles. The molecule has 2 aromatic carbocycles. The zero-order valence-corrected chi connectivity index (χ0v) is 50.0. The first-order valence-electron chi connectivity index (χ1n) is 33.7. The van der Waals surface area contributed by atoms with Gasteiger partial charge in [0.15, 0.2) is 0 Å². The van der Waals surface area contributed by atoms with E-state index >= 15 is 0 Å². The van der Waals surface area contributed by atoms with Crippen molar-refractivity contribution in [1.29, 1.82) is 0 Å². The number of rotatable bonds is 54. The van der Waals surface area contributed by atoms with Crippen molar-refractivity contribution < 1.29 is 4.68 Å². The summed E-state index contributed by atoms with van der Waals surface area (Å²) < 4.78 is 1.73. The third kappa shape index (κ3) is 34.2. The molecule has 0 spiro atoms. The maximum atomic E-state index is 9.43. The monoisotopic (exact) mass is 1020 g/mol. The minimum Gasteiger partial charge on any atom is -0.448 e. The highest BCUT2D eigenvalue weighted by Crippen LogP contribution is 2.30. The van der Waals surface area contributed by atoms with Crippen LogP contribution in [-0.2, 0) is 12.8 Å². The first-order valence-corrected chi connectivity index (χ1v) is 33.7. The Hall–Kier alpha value is -2.61. The third-order valence-electron chi connectivity index (χ3n) is 16.8. The quantitative estimate of drug-likeness (QED) is 0.0466. The van der Waals surface area contributed by atoms with Gasteiger partial charge in [0.25, 0.3) is 0 Å². The Bertz CT molecular complexity index is 1630. The highest BCUT2D eigenvalue weighted by atomic mass is 15.3. The van der Waals surface area contributed by atoms with E-state index in [1.807, 2.05) is 0 Å². The van der Waals surface area contributed by atoms with Crippen molar-refractivity contribution >= 4 is 11.4 Å². The molecule has 2 nitrogen and oxygen atoms in total. The zero-order chi connectivity index (χ0) is 52.5. The van der Waals surface area contributed by atoms with Crippen LogP contribution in [0.25, 0.3) is 11.5 Å². The normalized spacial score (nSPS) is 13.3. The van der Waals surface area contributed by atoms with E-state index in [1.165, 1.54) is 337 Å². The van der Waals surface area contributed by atoms with Gasteiger partial charge in [-0.15, -0.1) is 0 Å². The molecule has 0 atom stereocenters. The highest BCUT2D eigenvalue weighted by Gasteiger charge is 2.28. The second kappa shape index (κ2) is 48.7. The van der Waals surface area contributed by atoms with Gasteiger partial charge in [-0.3, -0.25) is 0 Å². The number of allylic oxidation sites excluding steroid dienone is 3. The molecule has 1 N–H and O–H groups in total. The van der Waals surface area contributed by atoms with Gasteiger partial charge < -0.3 is 5.84 Å². The van der Waals surface area contributed by atoms with Crippen LogP contribution in [0.3, 0.4) is 0 Å². The second-order valence-corrected chi connectivity index (χ2v) is 23.8. The van der Waals surface area contributed by atoms with Gasteiger partial charge in [-0.2, -0.15) is 0 Å². The summed E-state index contributed by atoms with van der Waals surface area (Å²) >= 11 is 0. The summed E-state index contributed by atoms with van der Waals surface area (Å²) in [5.41, 5.74) is 8.47. The van der Waals surface area contributed by atoms with Gasteiger partial charge in [0.05, 0.1) is 0 Å². The largest absolute Gasteiger partial charge is 0.448 e. The Labute approximate surface area is 462 Å². The van der Waals surface area contributed by atoms with Crippen molar-refractivity contribution in [2.24, 2.45) is 0 Å². The van der Waals surface area contributed by atoms with E-state index in [1.54, 1.807) is 4.68 Å². The molecular formula is C72H124N2. The van der Waals surface area contributed by atoms with Crippen molar-refractivity contribution in [2.75, 3.05) is 0 Å². The molecule has 0 aliphatic carbocycles. The average molecular weight is 1020 g/mol. The molecule has 0 saturated carbocycles. The summed E-state index contributed by atoms with van der Waals surface area (Å²) in [5.74, 6) is 9.43. The zero-order valence-electron chi connectivity index (χ0n) is 50.0. The van der Waals surface area contributed by atoms with Crippen LogP contribution < -0.4 is 0 Å². The minimum absolute atomic E-state index is 1.01. The van der Waals surface area contributed by atoms with E-state index < -0.39 is 0 Å². The lowest BCUT2D eigenvalue weighted by Gasteiger charge is -2.10. The molecule has 2 heteroatoms. The van der Waals surface area contributed by atoms with E-state index in [2.05, 4.69) is 81.5 Å². The number of hydrogen-bond donors (Lipinski definition) is 0. The Kier molecular flexibility index (Phi) is 43.3. The van der Waals surface area contributed by atoms with Crippen molar-refractivity contribution in [2.45, 2.75) is 355 Å². The van der Waals surface area contributed by atoms with E-state index in [9.17, 15) is 5.84 Å². The van der Waals surface area contributed by atoms with Crippen LogP contribution in [0.5, 0.6) is 0 Å². The Morgan fingerprint density at radius 1 is 0.297 bits per heavy atom. The summed E-state index contributed by atoms with van der Waals surface area (Å²) in [6.45, 7) is 6.91. The molecule has 1 aliphatic rings. The topological polar surface area (TPSA) is 26.8 Å². The third-order valence-corrected chi connectivity index (χ3v) is 16.8. The molecule has 0 saturated heterocycles. The predicted molar refractivity (Wildman–Crippen MR) is 333 cm³/mol. The predicted octanol–water partition coefficient (Wildman–Crippen LogP) is 25.1. The standard InChI is InChI=1S/C72H124N2/c1-4-7-10-13-16-18-20-22-24-26-28-30-32-34-36-38-40-42-44-46-48-51-54-66-57-61-68(62-58-66)71-65-70(56-53-50-15-12-9-6-3)72(74(71)73)69-63-59-67(60-64-69)55-52-49-47-45-43-41-39-37-35-33-31-29-27-25-23-21-19-17-14-11-8-5-2/h56-65,73H,4-55H2,1-3H3. The molecule has 0 fully saturated rings. The molecule has 74 heavy (non-hydrogen) atoms. The fourth-order valence-electron chi connectivity index (χ4n) is 11.7. The lowest BCUT2D eigenvalue weighted by atomic mass is 9.98. The number of unbranched alkanes of at least 4 members (excludes halogenated alkanes) is 47. The van der Waals surface area contributed by atoms with E-state index in [-0.39, 0.29) is 0 Å². The van der Waals surface area contributed by atoms with Crippen molar-refractivity contribution in [1.82, 2.24) is 0 Å². The molecule has 1 heterocycles. The van der Waals surface area contributed by atoms with Gasteiger partial charge in [-0.25, -0.2) is 4.68 Å². The van der Waals surface area contributed by atoms with Crippen molar-refractivity contribution in [3.63, 3.8) is 0 Å². The van der Waals surface area contributed by atoms with Gasteiger partial charge in [0.1, 0.15) is 0 Å². The minimum atomic E-state index is 1.01. The summed E-state index contributed by atoms with van der Waals surface area (Å²) in [7, 11) is 0. The number of benzene rings is 2. The van der Waals surface area contributed by atoms with E-state index in [4.69, 9.17) is 0 Å². The summed E-state index contributed by atoms with van der Waals surface area (Å²) in [6, 6.07) is 18.5. The van der Waals surface area contributed by atoms with Crippen LogP contribution in [0.4, 0.5) is 0 Å². The fourth-order valence-corrected chi connectivity index (χ4v) is 11.7. The smallest absolute Gasteiger partial charge is 0.215 e. The summed E-state index contributed by atoms with van der Waals surface area (Å²) in [6.07, 6.45) is 77.7. The molecule has 422 valence electrons. The molecule has 0 unspecified atom stereocenters. The van der Waals surface area contributed by atoms with Crippen LogP contribution in [0, 0.1) is 0 Å². The van der Waals surface area contributed by atoms with Crippen LogP contribution in [-0.4, -0.2) is 10.4 Å². The van der Waals surface area contributed by atoms with Gasteiger partial charge in [-0.1, -0.05) is 346 Å². The van der Waals surface area contributed by atoms with Crippen LogP contribution in [0.15, 0.2) is 66.3 Å². The van der Waals surface area contributed by atoms with Crippen LogP contribution in [0.2, 0.25) is 0 Å². The van der Waals surface area contributed by atoms with Gasteiger partial charge in [0.2, 0.25) is 11.4 Å². The molecule has 3 rings (SSSR count). The Morgan fingerprint density at radius 2 is 0.541 bits per heavy atom. The maximum absolute atomic E-state index is 9.43. The summed E-state index contributed by atoms with van der Waals surface area (Å²) in [4.78, 5) is 0. The Balaban J connectivity index is 1.26. The molecule has 1 aliphatic heterocycles. The number of hydrogen-bond acceptors (Lipinski definition) is 0. The SMILES string of the molecule is CCCCCCCC=C1C=C(c2ccc(CCCCCCCCCCCCCCCCCCCCCCCC)cc2)[N+]([NH-])=C1c1ccc(CCCCCCCCCCCCCCCCCCCCCCCC)cc1. The first kappa shape index (κ1) is 65.7. The molecule has 2 aromatic rings. The van der Waals surface area contributed by atoms with Gasteiger partial charge in [-0.05, 0) is 73.9 Å².